The van der Waals surface area contributed by atoms with Gasteiger partial charge in [-0.15, -0.1) is 12.4 Å². The second-order valence-corrected chi connectivity index (χ2v) is 6.90. The third kappa shape index (κ3) is 7.30. The number of carbonyl (C=O) groups excluding carboxylic acids is 2. The van der Waals surface area contributed by atoms with Crippen molar-refractivity contribution in [2.24, 2.45) is 5.92 Å². The zero-order valence-corrected chi connectivity index (χ0v) is 16.3. The number of anilines is 1. The van der Waals surface area contributed by atoms with Crippen molar-refractivity contribution < 1.29 is 14.0 Å². The maximum Gasteiger partial charge on any atom is 0.244 e. The zero-order chi connectivity index (χ0) is 18.2. The average Bonchev–Trinajstić information content (AvgIpc) is 2.60. The van der Waals surface area contributed by atoms with E-state index >= 15 is 0 Å². The number of piperidine rings is 1. The van der Waals surface area contributed by atoms with E-state index in [9.17, 15) is 14.0 Å². The third-order valence-electron chi connectivity index (χ3n) is 4.61. The summed E-state index contributed by atoms with van der Waals surface area (Å²) in [5.74, 6) is -0.0135. The molecule has 1 aliphatic heterocycles. The van der Waals surface area contributed by atoms with Gasteiger partial charge in [0, 0.05) is 18.2 Å². The molecular formula is C19H29ClFN3O2. The highest BCUT2D eigenvalue weighted by Crippen LogP contribution is 2.19. The summed E-state index contributed by atoms with van der Waals surface area (Å²) in [6.45, 7) is 5.88. The first-order valence-electron chi connectivity index (χ1n) is 9.01. The van der Waals surface area contributed by atoms with Gasteiger partial charge in [0.2, 0.25) is 11.8 Å². The van der Waals surface area contributed by atoms with Crippen molar-refractivity contribution in [3.8, 4) is 0 Å². The average molecular weight is 386 g/mol. The van der Waals surface area contributed by atoms with E-state index in [-0.39, 0.29) is 42.6 Å². The summed E-state index contributed by atoms with van der Waals surface area (Å²) < 4.78 is 12.9. The van der Waals surface area contributed by atoms with Crippen LogP contribution in [0.5, 0.6) is 0 Å². The van der Waals surface area contributed by atoms with Gasteiger partial charge in [-0.1, -0.05) is 0 Å². The lowest BCUT2D eigenvalue weighted by atomic mass is 9.93. The van der Waals surface area contributed by atoms with Gasteiger partial charge in [-0.2, -0.15) is 0 Å². The van der Waals surface area contributed by atoms with Crippen molar-refractivity contribution >= 4 is 29.9 Å². The van der Waals surface area contributed by atoms with E-state index in [0.717, 1.165) is 32.4 Å². The molecule has 146 valence electrons. The topological polar surface area (TPSA) is 61.4 Å². The molecule has 5 nitrogen and oxygen atoms in total. The van der Waals surface area contributed by atoms with Crippen LogP contribution < -0.4 is 10.6 Å². The van der Waals surface area contributed by atoms with Gasteiger partial charge in [0.25, 0.3) is 0 Å². The Hall–Kier alpha value is -1.66. The van der Waals surface area contributed by atoms with Crippen molar-refractivity contribution in [2.75, 3.05) is 25.0 Å². The predicted octanol–water partition coefficient (Wildman–Crippen LogP) is 3.20. The summed E-state index contributed by atoms with van der Waals surface area (Å²) in [7, 11) is 0. The molecule has 0 saturated carbocycles. The SMILES string of the molecule is CC(C)N(CC(=O)Nc1ccc(F)cc1)C(=O)CCC1CCNCC1.Cl. The van der Waals surface area contributed by atoms with E-state index in [4.69, 9.17) is 0 Å². The normalized spacial score (nSPS) is 14.6. The molecule has 0 spiro atoms. The van der Waals surface area contributed by atoms with Crippen LogP contribution in [-0.4, -0.2) is 42.4 Å². The Labute approximate surface area is 161 Å². The molecule has 26 heavy (non-hydrogen) atoms. The first-order valence-corrected chi connectivity index (χ1v) is 9.01. The van der Waals surface area contributed by atoms with Gasteiger partial charge < -0.3 is 15.5 Å². The molecule has 1 saturated heterocycles. The van der Waals surface area contributed by atoms with E-state index < -0.39 is 0 Å². The van der Waals surface area contributed by atoms with Crippen molar-refractivity contribution in [3.05, 3.63) is 30.1 Å². The van der Waals surface area contributed by atoms with Gasteiger partial charge in [0.1, 0.15) is 12.4 Å². The summed E-state index contributed by atoms with van der Waals surface area (Å²) in [5, 5.41) is 6.03. The molecule has 0 radical (unpaired) electrons. The highest BCUT2D eigenvalue weighted by molar-refractivity contribution is 5.94. The van der Waals surface area contributed by atoms with Crippen LogP contribution in [0.25, 0.3) is 0 Å². The van der Waals surface area contributed by atoms with Crippen LogP contribution in [0, 0.1) is 11.7 Å². The second kappa shape index (κ2) is 11.1. The van der Waals surface area contributed by atoms with Crippen LogP contribution in [0.1, 0.15) is 39.5 Å². The minimum atomic E-state index is -0.352. The quantitative estimate of drug-likeness (QED) is 0.757. The second-order valence-electron chi connectivity index (χ2n) is 6.90. The van der Waals surface area contributed by atoms with Gasteiger partial charge in [-0.05, 0) is 76.4 Å². The third-order valence-corrected chi connectivity index (χ3v) is 4.61. The highest BCUT2D eigenvalue weighted by atomic mass is 35.5. The number of hydrogen-bond donors (Lipinski definition) is 2. The van der Waals surface area contributed by atoms with Gasteiger partial charge in [0.05, 0.1) is 0 Å². The molecule has 1 fully saturated rings. The summed E-state index contributed by atoms with van der Waals surface area (Å²) in [4.78, 5) is 26.4. The lowest BCUT2D eigenvalue weighted by Crippen LogP contribution is -2.42. The Kier molecular flexibility index (Phi) is 9.59. The number of benzene rings is 1. The van der Waals surface area contributed by atoms with E-state index in [0.29, 0.717) is 18.0 Å². The number of nitrogens with one attached hydrogen (secondary N) is 2. The largest absolute Gasteiger partial charge is 0.331 e. The molecule has 0 atom stereocenters. The Morgan fingerprint density at radius 3 is 2.42 bits per heavy atom. The van der Waals surface area contributed by atoms with Crippen LogP contribution in [-0.2, 0) is 9.59 Å². The Morgan fingerprint density at radius 2 is 1.85 bits per heavy atom. The molecule has 7 heteroatoms. The molecular weight excluding hydrogens is 357 g/mol. The van der Waals surface area contributed by atoms with Gasteiger partial charge in [-0.3, -0.25) is 9.59 Å². The monoisotopic (exact) mass is 385 g/mol. The van der Waals surface area contributed by atoms with Crippen molar-refractivity contribution in [3.63, 3.8) is 0 Å². The fourth-order valence-electron chi connectivity index (χ4n) is 3.09. The van der Waals surface area contributed by atoms with E-state index in [1.807, 2.05) is 13.8 Å². The van der Waals surface area contributed by atoms with Gasteiger partial charge in [-0.25, -0.2) is 4.39 Å². The molecule has 2 amide bonds. The number of nitrogens with zero attached hydrogens (tertiary/aromatic N) is 1. The lowest BCUT2D eigenvalue weighted by Gasteiger charge is -2.28. The Morgan fingerprint density at radius 1 is 1.23 bits per heavy atom. The number of carbonyl (C=O) groups is 2. The molecule has 0 unspecified atom stereocenters. The standard InChI is InChI=1S/C19H28FN3O2.ClH/c1-14(2)23(19(25)8-3-15-9-11-21-12-10-15)13-18(24)22-17-6-4-16(20)5-7-17;/h4-7,14-15,21H,3,8-13H2,1-2H3,(H,22,24);1H. The Bertz CT molecular complexity index is 575. The molecule has 2 N–H and O–H groups in total. The lowest BCUT2D eigenvalue weighted by molar-refractivity contribution is -0.136. The Balaban J connectivity index is 0.00000338. The number of amides is 2. The maximum atomic E-state index is 12.9. The minimum Gasteiger partial charge on any atom is -0.331 e. The first kappa shape index (κ1) is 22.4. The van der Waals surface area contributed by atoms with Gasteiger partial charge >= 0.3 is 0 Å². The van der Waals surface area contributed by atoms with Crippen LogP contribution in [0.15, 0.2) is 24.3 Å². The van der Waals surface area contributed by atoms with Crippen LogP contribution in [0.3, 0.4) is 0 Å². The zero-order valence-electron chi connectivity index (χ0n) is 15.5. The van der Waals surface area contributed by atoms with Crippen LogP contribution in [0.4, 0.5) is 10.1 Å². The van der Waals surface area contributed by atoms with E-state index in [1.165, 1.54) is 24.3 Å². The van der Waals surface area contributed by atoms with Crippen molar-refractivity contribution in [1.82, 2.24) is 10.2 Å². The first-order chi connectivity index (χ1) is 12.0. The number of halogens is 2. The van der Waals surface area contributed by atoms with Crippen molar-refractivity contribution in [2.45, 2.75) is 45.6 Å². The molecule has 0 bridgehead atoms. The number of rotatable bonds is 7. The highest BCUT2D eigenvalue weighted by Gasteiger charge is 2.22. The summed E-state index contributed by atoms with van der Waals surface area (Å²) in [5.41, 5.74) is 0.525. The summed E-state index contributed by atoms with van der Waals surface area (Å²) in [6.07, 6.45) is 3.58. The fraction of sp³-hybridized carbons (Fsp3) is 0.579. The molecule has 1 heterocycles. The van der Waals surface area contributed by atoms with Crippen LogP contribution >= 0.6 is 12.4 Å². The smallest absolute Gasteiger partial charge is 0.244 e. The van der Waals surface area contributed by atoms with E-state index in [1.54, 1.807) is 4.90 Å². The van der Waals surface area contributed by atoms with Gasteiger partial charge in [0.15, 0.2) is 0 Å². The van der Waals surface area contributed by atoms with E-state index in [2.05, 4.69) is 10.6 Å². The molecule has 2 rings (SSSR count). The summed E-state index contributed by atoms with van der Waals surface area (Å²) >= 11 is 0. The fourth-order valence-corrected chi connectivity index (χ4v) is 3.09. The predicted molar refractivity (Wildman–Crippen MR) is 104 cm³/mol. The number of hydrogen-bond acceptors (Lipinski definition) is 3. The molecule has 1 aliphatic rings. The minimum absolute atomic E-state index is 0. The molecule has 0 aromatic heterocycles. The van der Waals surface area contributed by atoms with Crippen LogP contribution in [0.2, 0.25) is 0 Å². The van der Waals surface area contributed by atoms with Crippen molar-refractivity contribution in [1.29, 1.82) is 0 Å². The maximum absolute atomic E-state index is 12.9. The summed E-state index contributed by atoms with van der Waals surface area (Å²) in [6, 6.07) is 5.55. The molecule has 0 aliphatic carbocycles. The molecule has 1 aromatic carbocycles. The molecule has 1 aromatic rings.